The van der Waals surface area contributed by atoms with Crippen molar-refractivity contribution < 1.29 is 19.4 Å². The number of ether oxygens (including phenoxy) is 2. The van der Waals surface area contributed by atoms with Gasteiger partial charge in [-0.25, -0.2) is 9.78 Å². The second-order valence-corrected chi connectivity index (χ2v) is 3.54. The molecule has 1 heterocycles. The Hall–Kier alpha value is -2.63. The van der Waals surface area contributed by atoms with Crippen LogP contribution in [0.15, 0.2) is 36.5 Å². The molecule has 0 spiro atoms. The molecule has 0 saturated heterocycles. The number of carboxylic acids is 1. The van der Waals surface area contributed by atoms with Crippen molar-refractivity contribution in [3.63, 3.8) is 0 Å². The van der Waals surface area contributed by atoms with Gasteiger partial charge in [0.15, 0.2) is 5.69 Å². The lowest BCUT2D eigenvalue weighted by Crippen LogP contribution is -2.02. The zero-order valence-electron chi connectivity index (χ0n) is 10.2. The highest BCUT2D eigenvalue weighted by Gasteiger charge is 2.08. The highest BCUT2D eigenvalue weighted by Crippen LogP contribution is 2.23. The van der Waals surface area contributed by atoms with E-state index in [-0.39, 0.29) is 11.7 Å². The van der Waals surface area contributed by atoms with E-state index in [2.05, 4.69) is 9.97 Å². The van der Waals surface area contributed by atoms with Gasteiger partial charge in [-0.15, -0.1) is 0 Å². The summed E-state index contributed by atoms with van der Waals surface area (Å²) in [5, 5.41) is 8.82. The van der Waals surface area contributed by atoms with E-state index in [4.69, 9.17) is 14.6 Å². The van der Waals surface area contributed by atoms with Crippen molar-refractivity contribution in [3.05, 3.63) is 42.2 Å². The third-order valence-electron chi connectivity index (χ3n) is 2.18. The van der Waals surface area contributed by atoms with Crippen LogP contribution in [0.25, 0.3) is 0 Å². The molecule has 0 amide bonds. The highest BCUT2D eigenvalue weighted by molar-refractivity contribution is 5.85. The molecule has 2 rings (SSSR count). The molecular weight excluding hydrogens is 248 g/mol. The van der Waals surface area contributed by atoms with Crippen molar-refractivity contribution in [1.82, 2.24) is 9.97 Å². The van der Waals surface area contributed by atoms with E-state index in [9.17, 15) is 4.79 Å². The molecule has 6 heteroatoms. The van der Waals surface area contributed by atoms with Crippen LogP contribution in [0.1, 0.15) is 17.4 Å². The summed E-state index contributed by atoms with van der Waals surface area (Å²) in [6, 6.07) is 8.23. The Morgan fingerprint density at radius 1 is 1.32 bits per heavy atom. The fourth-order valence-electron chi connectivity index (χ4n) is 1.41. The van der Waals surface area contributed by atoms with Crippen LogP contribution in [0.2, 0.25) is 0 Å². The molecule has 0 unspecified atom stereocenters. The Kier molecular flexibility index (Phi) is 3.92. The van der Waals surface area contributed by atoms with Gasteiger partial charge in [0.25, 0.3) is 0 Å². The van der Waals surface area contributed by atoms with Gasteiger partial charge in [-0.3, -0.25) is 0 Å². The summed E-state index contributed by atoms with van der Waals surface area (Å²) >= 11 is 0. The van der Waals surface area contributed by atoms with Crippen LogP contribution in [0.5, 0.6) is 17.5 Å². The Morgan fingerprint density at radius 3 is 2.84 bits per heavy atom. The molecule has 19 heavy (non-hydrogen) atoms. The summed E-state index contributed by atoms with van der Waals surface area (Å²) in [6.07, 6.45) is 1.33. The maximum Gasteiger partial charge on any atom is 0.354 e. The Labute approximate surface area is 109 Å². The molecule has 1 N–H and O–H groups in total. The summed E-state index contributed by atoms with van der Waals surface area (Å²) in [5.74, 6) is 0.0122. The van der Waals surface area contributed by atoms with Crippen molar-refractivity contribution in [2.45, 2.75) is 6.92 Å². The largest absolute Gasteiger partial charge is 0.494 e. The van der Waals surface area contributed by atoms with Crippen LogP contribution in [0.3, 0.4) is 0 Å². The minimum absolute atomic E-state index is 0.0199. The van der Waals surface area contributed by atoms with Gasteiger partial charge in [-0.05, 0) is 25.1 Å². The molecular formula is C13H12N2O4. The highest BCUT2D eigenvalue weighted by atomic mass is 16.5. The van der Waals surface area contributed by atoms with Gasteiger partial charge in [-0.1, -0.05) is 6.07 Å². The molecule has 0 radical (unpaired) electrons. The Morgan fingerprint density at radius 2 is 2.11 bits per heavy atom. The van der Waals surface area contributed by atoms with E-state index in [1.807, 2.05) is 6.92 Å². The second kappa shape index (κ2) is 5.81. The quantitative estimate of drug-likeness (QED) is 0.888. The van der Waals surface area contributed by atoms with Gasteiger partial charge in [0, 0.05) is 12.3 Å². The second-order valence-electron chi connectivity index (χ2n) is 3.54. The number of carbonyl (C=O) groups is 1. The first-order valence-corrected chi connectivity index (χ1v) is 5.66. The number of rotatable bonds is 5. The maximum absolute atomic E-state index is 10.8. The normalized spacial score (nSPS) is 9.95. The van der Waals surface area contributed by atoms with E-state index >= 15 is 0 Å². The first-order chi connectivity index (χ1) is 9.19. The molecule has 0 aliphatic heterocycles. The lowest BCUT2D eigenvalue weighted by Gasteiger charge is -2.06. The number of aromatic nitrogens is 2. The number of carboxylic acid groups (broad SMARTS) is 1. The summed E-state index contributed by atoms with van der Waals surface area (Å²) in [6.45, 7) is 2.43. The fourth-order valence-corrected chi connectivity index (χ4v) is 1.41. The predicted molar refractivity (Wildman–Crippen MR) is 66.7 cm³/mol. The summed E-state index contributed by atoms with van der Waals surface area (Å²) in [5.41, 5.74) is -0.119. The van der Waals surface area contributed by atoms with Crippen molar-refractivity contribution >= 4 is 5.97 Å². The van der Waals surface area contributed by atoms with Crippen LogP contribution in [-0.4, -0.2) is 27.7 Å². The van der Waals surface area contributed by atoms with E-state index in [1.165, 1.54) is 12.3 Å². The lowest BCUT2D eigenvalue weighted by atomic mass is 10.3. The van der Waals surface area contributed by atoms with Crippen molar-refractivity contribution in [2.75, 3.05) is 6.61 Å². The minimum Gasteiger partial charge on any atom is -0.494 e. The number of nitrogens with zero attached hydrogens (tertiary/aromatic N) is 2. The summed E-state index contributed by atoms with van der Waals surface area (Å²) < 4.78 is 10.7. The van der Waals surface area contributed by atoms with E-state index in [0.29, 0.717) is 18.1 Å². The van der Waals surface area contributed by atoms with Crippen LogP contribution in [0.4, 0.5) is 0 Å². The van der Waals surface area contributed by atoms with Crippen LogP contribution >= 0.6 is 0 Å². The van der Waals surface area contributed by atoms with Gasteiger partial charge in [0.1, 0.15) is 11.5 Å². The molecule has 1 aromatic carbocycles. The SMILES string of the molecule is CCOc1cccc(Oc2nccc(C(=O)O)n2)c1. The fraction of sp³-hybridized carbons (Fsp3) is 0.154. The molecule has 98 valence electrons. The maximum atomic E-state index is 10.8. The first kappa shape index (κ1) is 12.8. The smallest absolute Gasteiger partial charge is 0.354 e. The van der Waals surface area contributed by atoms with Crippen molar-refractivity contribution in [2.24, 2.45) is 0 Å². The molecule has 0 bridgehead atoms. The zero-order chi connectivity index (χ0) is 13.7. The van der Waals surface area contributed by atoms with Gasteiger partial charge in [0.2, 0.25) is 0 Å². The standard InChI is InChI=1S/C13H12N2O4/c1-2-18-9-4-3-5-10(8-9)19-13-14-7-6-11(15-13)12(16)17/h3-8H,2H2,1H3,(H,16,17). The topological polar surface area (TPSA) is 81.5 Å². The van der Waals surface area contributed by atoms with E-state index < -0.39 is 5.97 Å². The molecule has 0 saturated carbocycles. The van der Waals surface area contributed by atoms with Gasteiger partial charge in [-0.2, -0.15) is 4.98 Å². The molecule has 2 aromatic rings. The molecule has 1 aromatic heterocycles. The zero-order valence-corrected chi connectivity index (χ0v) is 10.2. The monoisotopic (exact) mass is 260 g/mol. The third kappa shape index (κ3) is 3.41. The lowest BCUT2D eigenvalue weighted by molar-refractivity contribution is 0.0689. The van der Waals surface area contributed by atoms with Crippen LogP contribution in [-0.2, 0) is 0 Å². The summed E-state index contributed by atoms with van der Waals surface area (Å²) in [4.78, 5) is 18.4. The minimum atomic E-state index is -1.13. The van der Waals surface area contributed by atoms with Crippen molar-refractivity contribution in [1.29, 1.82) is 0 Å². The average Bonchev–Trinajstić information content (AvgIpc) is 2.40. The molecule has 0 fully saturated rings. The van der Waals surface area contributed by atoms with Crippen LogP contribution < -0.4 is 9.47 Å². The summed E-state index contributed by atoms with van der Waals surface area (Å²) in [7, 11) is 0. The number of hydrogen-bond acceptors (Lipinski definition) is 5. The molecule has 0 atom stereocenters. The number of hydrogen-bond donors (Lipinski definition) is 1. The Balaban J connectivity index is 2.18. The van der Waals surface area contributed by atoms with E-state index in [1.54, 1.807) is 24.3 Å². The molecule has 6 nitrogen and oxygen atoms in total. The Bertz CT molecular complexity index is 586. The first-order valence-electron chi connectivity index (χ1n) is 5.66. The molecule has 0 aliphatic rings. The van der Waals surface area contributed by atoms with Gasteiger partial charge < -0.3 is 14.6 Å². The van der Waals surface area contributed by atoms with Crippen LogP contribution in [0, 0.1) is 0 Å². The van der Waals surface area contributed by atoms with Gasteiger partial charge >= 0.3 is 12.0 Å². The number of aromatic carboxylic acids is 1. The van der Waals surface area contributed by atoms with Crippen molar-refractivity contribution in [3.8, 4) is 17.5 Å². The molecule has 0 aliphatic carbocycles. The predicted octanol–water partition coefficient (Wildman–Crippen LogP) is 2.37. The van der Waals surface area contributed by atoms with E-state index in [0.717, 1.165) is 0 Å². The van der Waals surface area contributed by atoms with Gasteiger partial charge in [0.05, 0.1) is 6.61 Å². The number of benzene rings is 1. The third-order valence-corrected chi connectivity index (χ3v) is 2.18. The average molecular weight is 260 g/mol.